The Labute approximate surface area is 386 Å². The van der Waals surface area contributed by atoms with Crippen molar-refractivity contribution in [3.05, 3.63) is 153 Å². The number of pyridine rings is 1. The van der Waals surface area contributed by atoms with E-state index < -0.39 is 31.7 Å². The predicted molar refractivity (Wildman–Crippen MR) is 262 cm³/mol. The molecular formula is C50H54N4O6S4. The molecule has 334 valence electrons. The van der Waals surface area contributed by atoms with E-state index in [0.717, 1.165) is 67.0 Å². The van der Waals surface area contributed by atoms with Gasteiger partial charge in [0.15, 0.2) is 6.54 Å². The van der Waals surface area contributed by atoms with Crippen molar-refractivity contribution in [1.29, 1.82) is 0 Å². The number of allylic oxidation sites excluding steroid dienone is 3. The molecule has 0 amide bonds. The number of thioether (sulfide) groups is 1. The SMILES string of the molecule is CCC(=C/c1sc2cc(C)ccc2[n+]1CCCS(=O)(=O)[O-])/C=C1/Sc2cc(C)ccc2N1CCCS(=O)(=O)[O-].CCN1/C(=C\c2ccc3ccccc3[n+]2CC)C=Cc2ccccc21. The first-order chi connectivity index (χ1) is 30.6. The number of aromatic nitrogens is 2. The summed E-state index contributed by atoms with van der Waals surface area (Å²) in [5, 5.41) is 3.18. The van der Waals surface area contributed by atoms with E-state index in [9.17, 15) is 25.9 Å². The van der Waals surface area contributed by atoms with Crippen molar-refractivity contribution in [1.82, 2.24) is 0 Å². The zero-order valence-electron chi connectivity index (χ0n) is 36.9. The van der Waals surface area contributed by atoms with Gasteiger partial charge in [0, 0.05) is 83.0 Å². The van der Waals surface area contributed by atoms with Gasteiger partial charge in [-0.1, -0.05) is 78.6 Å². The van der Waals surface area contributed by atoms with E-state index in [1.165, 1.54) is 33.5 Å². The van der Waals surface area contributed by atoms with Gasteiger partial charge in [-0.15, -0.1) is 0 Å². The standard InChI is InChI=1S/C27H32N2O6S4.C23H23N2/c1-4-21(17-26-28(11-5-13-38(30,31)32)22-9-7-19(2)15-24(22)36-26)18-27-29(12-6-14-39(33,34)35)23-10-8-20(3)16-25(23)37-27;1-3-24-20(15-13-18-9-5-7-11-22(18)24)17-21-16-14-19-10-6-8-12-23(19)25(21)4-2/h7-10,15-18H,4-6,11-14H2,1-3H3,(H-,30,31,32,33,34,35);5-17H,3-4H2,1-2H3/q;+1/p-1. The van der Waals surface area contributed by atoms with Crippen molar-refractivity contribution in [3.8, 4) is 0 Å². The van der Waals surface area contributed by atoms with E-state index >= 15 is 0 Å². The molecule has 2 aliphatic heterocycles. The number of para-hydroxylation sites is 2. The molecule has 2 aliphatic rings. The van der Waals surface area contributed by atoms with Crippen LogP contribution in [-0.4, -0.2) is 50.5 Å². The van der Waals surface area contributed by atoms with Crippen LogP contribution >= 0.6 is 23.1 Å². The number of hydrogen-bond acceptors (Lipinski definition) is 10. The first-order valence-electron chi connectivity index (χ1n) is 21.6. The first-order valence-corrected chi connectivity index (χ1v) is 26.4. The lowest BCUT2D eigenvalue weighted by Gasteiger charge is -2.29. The Bertz CT molecular complexity index is 3040. The third-order valence-corrected chi connectivity index (χ3v) is 15.0. The highest BCUT2D eigenvalue weighted by molar-refractivity contribution is 8.03. The molecule has 0 N–H and O–H groups in total. The Morgan fingerprint density at radius 2 is 1.45 bits per heavy atom. The largest absolute Gasteiger partial charge is 0.748 e. The van der Waals surface area contributed by atoms with Crippen molar-refractivity contribution in [2.24, 2.45) is 0 Å². The van der Waals surface area contributed by atoms with Gasteiger partial charge in [0.25, 0.3) is 5.01 Å². The van der Waals surface area contributed by atoms with E-state index in [0.29, 0.717) is 13.1 Å². The fourth-order valence-corrected chi connectivity index (χ4v) is 11.6. The van der Waals surface area contributed by atoms with Gasteiger partial charge < -0.3 is 18.9 Å². The zero-order chi connectivity index (χ0) is 45.6. The molecule has 14 heteroatoms. The molecule has 0 unspecified atom stereocenters. The van der Waals surface area contributed by atoms with Crippen molar-refractivity contribution < 1.29 is 35.1 Å². The molecule has 0 aliphatic carbocycles. The number of fused-ring (bicyclic) bond motifs is 4. The number of likely N-dealkylation sites (N-methyl/N-ethyl adjacent to an activating group) is 1. The Morgan fingerprint density at radius 1 is 0.734 bits per heavy atom. The van der Waals surface area contributed by atoms with Crippen LogP contribution in [0.4, 0.5) is 11.4 Å². The lowest BCUT2D eigenvalue weighted by atomic mass is 10.0. The molecular weight excluding hydrogens is 881 g/mol. The number of hydrogen-bond donors (Lipinski definition) is 0. The van der Waals surface area contributed by atoms with E-state index in [1.54, 1.807) is 23.1 Å². The van der Waals surface area contributed by atoms with Crippen LogP contribution in [0.15, 0.2) is 130 Å². The maximum atomic E-state index is 11.2. The zero-order valence-corrected chi connectivity index (χ0v) is 40.1. The summed E-state index contributed by atoms with van der Waals surface area (Å²) in [6, 6.07) is 33.9. The summed E-state index contributed by atoms with van der Waals surface area (Å²) in [7, 11) is -8.59. The number of benzene rings is 4. The monoisotopic (exact) mass is 934 g/mol. The summed E-state index contributed by atoms with van der Waals surface area (Å²) in [4.78, 5) is 5.52. The van der Waals surface area contributed by atoms with Gasteiger partial charge in [-0.2, -0.15) is 9.13 Å². The predicted octanol–water partition coefficient (Wildman–Crippen LogP) is 9.96. The Balaban J connectivity index is 0.000000210. The van der Waals surface area contributed by atoms with Crippen LogP contribution < -0.4 is 18.9 Å². The highest BCUT2D eigenvalue weighted by atomic mass is 32.2. The van der Waals surface area contributed by atoms with E-state index in [-0.39, 0.29) is 12.8 Å². The quantitative estimate of drug-likeness (QED) is 0.0775. The number of nitrogens with zero attached hydrogens (tertiary/aromatic N) is 4. The molecule has 64 heavy (non-hydrogen) atoms. The topological polar surface area (TPSA) is 129 Å². The highest BCUT2D eigenvalue weighted by Gasteiger charge is 2.26. The molecule has 6 aromatic rings. The molecule has 0 spiro atoms. The molecule has 4 aromatic carbocycles. The van der Waals surface area contributed by atoms with Crippen LogP contribution in [0.2, 0.25) is 0 Å². The van der Waals surface area contributed by atoms with E-state index in [1.807, 2.05) is 38.1 Å². The molecule has 0 radical (unpaired) electrons. The average molecular weight is 935 g/mol. The summed E-state index contributed by atoms with van der Waals surface area (Å²) < 4.78 is 72.8. The second kappa shape index (κ2) is 20.4. The molecule has 0 fully saturated rings. The van der Waals surface area contributed by atoms with Gasteiger partial charge in [0.1, 0.15) is 11.2 Å². The molecule has 10 nitrogen and oxygen atoms in total. The molecule has 4 heterocycles. The fraction of sp³-hybridized carbons (Fsp3) is 0.280. The van der Waals surface area contributed by atoms with E-state index in [4.69, 9.17) is 0 Å². The summed E-state index contributed by atoms with van der Waals surface area (Å²) in [6.07, 6.45) is 12.1. The van der Waals surface area contributed by atoms with Crippen molar-refractivity contribution in [3.63, 3.8) is 0 Å². The van der Waals surface area contributed by atoms with Gasteiger partial charge in [0.2, 0.25) is 16.7 Å². The summed E-state index contributed by atoms with van der Waals surface area (Å²) in [6.45, 7) is 13.2. The fourth-order valence-electron chi connectivity index (χ4n) is 8.13. The van der Waals surface area contributed by atoms with Crippen LogP contribution in [0.5, 0.6) is 0 Å². The van der Waals surface area contributed by atoms with Crippen LogP contribution in [0.25, 0.3) is 39.3 Å². The van der Waals surface area contributed by atoms with Crippen LogP contribution in [0.3, 0.4) is 0 Å². The molecule has 8 rings (SSSR count). The first kappa shape index (κ1) is 46.9. The lowest BCUT2D eigenvalue weighted by molar-refractivity contribution is -0.669. The Morgan fingerprint density at radius 3 is 2.20 bits per heavy atom. The van der Waals surface area contributed by atoms with Gasteiger partial charge in [-0.25, -0.2) is 16.8 Å². The van der Waals surface area contributed by atoms with Crippen molar-refractivity contribution in [2.45, 2.75) is 71.9 Å². The molecule has 0 atom stereocenters. The van der Waals surface area contributed by atoms with Crippen molar-refractivity contribution in [2.75, 3.05) is 34.4 Å². The number of thiazole rings is 1. The van der Waals surface area contributed by atoms with E-state index in [2.05, 4.69) is 143 Å². The minimum absolute atomic E-state index is 0.223. The van der Waals surface area contributed by atoms with Crippen LogP contribution in [-0.2, 0) is 33.3 Å². The molecule has 0 bridgehead atoms. The van der Waals surface area contributed by atoms with Gasteiger partial charge in [0.05, 0.1) is 31.0 Å². The second-order valence-corrected chi connectivity index (χ2v) is 21.0. The molecule has 0 saturated carbocycles. The molecule has 0 saturated heterocycles. The number of anilines is 2. The summed E-state index contributed by atoms with van der Waals surface area (Å²) in [5.74, 6) is -0.835. The lowest BCUT2D eigenvalue weighted by Crippen LogP contribution is -2.37. The Hall–Kier alpha value is -5.09. The third kappa shape index (κ3) is 11.4. The minimum Gasteiger partial charge on any atom is -0.748 e. The van der Waals surface area contributed by atoms with Gasteiger partial charge >= 0.3 is 0 Å². The maximum Gasteiger partial charge on any atom is 0.263 e. The van der Waals surface area contributed by atoms with Crippen LogP contribution in [0, 0.1) is 13.8 Å². The third-order valence-electron chi connectivity index (χ3n) is 11.2. The summed E-state index contributed by atoms with van der Waals surface area (Å²) in [5.41, 5.74) is 11.6. The number of aryl methyl sites for hydroxylation is 4. The van der Waals surface area contributed by atoms with Crippen molar-refractivity contribution >= 4 is 94.1 Å². The van der Waals surface area contributed by atoms with Gasteiger partial charge in [-0.3, -0.25) is 0 Å². The normalized spacial score (nSPS) is 15.3. The maximum absolute atomic E-state index is 11.2. The number of rotatable bonds is 14. The average Bonchev–Trinajstić information content (AvgIpc) is 3.77. The smallest absolute Gasteiger partial charge is 0.263 e. The Kier molecular flexibility index (Phi) is 14.9. The second-order valence-electron chi connectivity index (χ2n) is 15.8. The minimum atomic E-state index is -4.30. The summed E-state index contributed by atoms with van der Waals surface area (Å²) >= 11 is 3.22. The molecule has 2 aromatic heterocycles. The highest BCUT2D eigenvalue weighted by Crippen LogP contribution is 2.47. The van der Waals surface area contributed by atoms with Gasteiger partial charge in [-0.05, 0) is 111 Å². The van der Waals surface area contributed by atoms with Crippen LogP contribution in [0.1, 0.15) is 67.4 Å².